The van der Waals surface area contributed by atoms with Crippen LogP contribution in [0.15, 0.2) is 12.1 Å². The minimum absolute atomic E-state index is 0.396. The summed E-state index contributed by atoms with van der Waals surface area (Å²) in [6.45, 7) is 0.396. The lowest BCUT2D eigenvalue weighted by Crippen LogP contribution is -2.28. The highest BCUT2D eigenvalue weighted by atomic mass is 35.5. The van der Waals surface area contributed by atoms with Crippen LogP contribution in [0, 0.1) is 0 Å². The Morgan fingerprint density at radius 3 is 2.71 bits per heavy atom. The summed E-state index contributed by atoms with van der Waals surface area (Å²) >= 11 is 11.7. The molecular weight excluding hydrogens is 225 g/mol. The zero-order chi connectivity index (χ0) is 10.6. The first kappa shape index (κ1) is 11.4. The smallest absolute Gasteiger partial charge is 0.160 e. The normalized spacial score (nSPS) is 10.0. The first-order valence-electron chi connectivity index (χ1n) is 3.89. The Morgan fingerprint density at radius 1 is 1.43 bits per heavy atom. The fourth-order valence-corrected chi connectivity index (χ4v) is 1.62. The van der Waals surface area contributed by atoms with E-state index in [0.29, 0.717) is 28.2 Å². The molecule has 1 aromatic rings. The Bertz CT molecular complexity index is 320. The summed E-state index contributed by atoms with van der Waals surface area (Å²) in [6, 6.07) is 3.33. The highest BCUT2D eigenvalue weighted by Crippen LogP contribution is 2.35. The lowest BCUT2D eigenvalue weighted by molar-refractivity contribution is 0.416. The van der Waals surface area contributed by atoms with Gasteiger partial charge in [0.1, 0.15) is 0 Å². The maximum atomic E-state index is 5.91. The Hall–Kier alpha value is -0.680. The Kier molecular flexibility index (Phi) is 4.28. The molecule has 0 atom stereocenters. The van der Waals surface area contributed by atoms with Crippen molar-refractivity contribution in [1.29, 1.82) is 0 Å². The highest BCUT2D eigenvalue weighted by Gasteiger charge is 2.08. The Labute approximate surface area is 92.3 Å². The molecule has 0 saturated heterocycles. The van der Waals surface area contributed by atoms with Crippen LogP contribution in [0.25, 0.3) is 0 Å². The number of halogens is 2. The molecule has 0 saturated carbocycles. The fraction of sp³-hybridized carbons (Fsp3) is 0.250. The minimum Gasteiger partial charge on any atom is -0.493 e. The van der Waals surface area contributed by atoms with Crippen LogP contribution >= 0.6 is 23.2 Å². The molecule has 4 N–H and O–H groups in total. The quantitative estimate of drug-likeness (QED) is 0.424. The van der Waals surface area contributed by atoms with E-state index in [-0.39, 0.29) is 0 Å². The van der Waals surface area contributed by atoms with E-state index in [9.17, 15) is 0 Å². The van der Waals surface area contributed by atoms with Gasteiger partial charge >= 0.3 is 0 Å². The molecule has 1 aromatic carbocycles. The summed E-state index contributed by atoms with van der Waals surface area (Å²) in [7, 11) is 1.54. The second-order valence-corrected chi connectivity index (χ2v) is 3.37. The zero-order valence-corrected chi connectivity index (χ0v) is 9.12. The van der Waals surface area contributed by atoms with E-state index in [2.05, 4.69) is 10.7 Å². The van der Waals surface area contributed by atoms with Gasteiger partial charge in [-0.3, -0.25) is 5.84 Å². The summed E-state index contributed by atoms with van der Waals surface area (Å²) in [5.74, 6) is 5.67. The summed E-state index contributed by atoms with van der Waals surface area (Å²) in [5, 5.41) is 3.96. The molecule has 1 rings (SSSR count). The van der Waals surface area contributed by atoms with Gasteiger partial charge in [0, 0.05) is 5.02 Å². The molecule has 0 aliphatic carbocycles. The van der Waals surface area contributed by atoms with Crippen molar-refractivity contribution < 1.29 is 4.74 Å². The van der Waals surface area contributed by atoms with E-state index < -0.39 is 0 Å². The summed E-state index contributed by atoms with van der Waals surface area (Å²) < 4.78 is 5.11. The van der Waals surface area contributed by atoms with Crippen LogP contribution < -0.4 is 21.3 Å². The Balaban J connectivity index is 2.99. The molecule has 78 valence electrons. The molecule has 6 heteroatoms. The predicted molar refractivity (Wildman–Crippen MR) is 58.8 cm³/mol. The summed E-state index contributed by atoms with van der Waals surface area (Å²) in [6.07, 6.45) is 0. The molecule has 14 heavy (non-hydrogen) atoms. The fourth-order valence-electron chi connectivity index (χ4n) is 1.05. The van der Waals surface area contributed by atoms with Crippen molar-refractivity contribution in [3.63, 3.8) is 0 Å². The third-order valence-electron chi connectivity index (χ3n) is 1.59. The number of nitrogens with one attached hydrogen (secondary N) is 2. The van der Waals surface area contributed by atoms with E-state index in [1.165, 1.54) is 7.11 Å². The molecular formula is C8H11Cl2N3O. The number of hydrogen-bond donors (Lipinski definition) is 3. The number of anilines is 1. The molecule has 0 fully saturated rings. The molecule has 0 spiro atoms. The van der Waals surface area contributed by atoms with Gasteiger partial charge in [0.25, 0.3) is 0 Å². The Morgan fingerprint density at radius 2 is 2.14 bits per heavy atom. The molecule has 0 radical (unpaired) electrons. The molecule has 0 bridgehead atoms. The van der Waals surface area contributed by atoms with Gasteiger partial charge in [-0.2, -0.15) is 0 Å². The van der Waals surface area contributed by atoms with Gasteiger partial charge < -0.3 is 10.1 Å². The van der Waals surface area contributed by atoms with Crippen molar-refractivity contribution in [2.75, 3.05) is 19.1 Å². The lowest BCUT2D eigenvalue weighted by atomic mass is 10.3. The van der Waals surface area contributed by atoms with Crippen LogP contribution in [-0.2, 0) is 0 Å². The molecule has 0 aliphatic heterocycles. The number of nitrogens with two attached hydrogens (primary N) is 1. The summed E-state index contributed by atoms with van der Waals surface area (Å²) in [5.41, 5.74) is 3.15. The number of hydrogen-bond acceptors (Lipinski definition) is 4. The molecule has 0 unspecified atom stereocenters. The summed E-state index contributed by atoms with van der Waals surface area (Å²) in [4.78, 5) is 0. The van der Waals surface area contributed by atoms with Crippen LogP contribution in [0.1, 0.15) is 0 Å². The zero-order valence-electron chi connectivity index (χ0n) is 7.60. The highest BCUT2D eigenvalue weighted by molar-refractivity contribution is 6.36. The van der Waals surface area contributed by atoms with Gasteiger partial charge in [0.2, 0.25) is 0 Å². The lowest BCUT2D eigenvalue weighted by Gasteiger charge is -2.12. The second-order valence-electron chi connectivity index (χ2n) is 2.53. The topological polar surface area (TPSA) is 59.3 Å². The largest absolute Gasteiger partial charge is 0.493 e. The third kappa shape index (κ3) is 2.65. The number of rotatable bonds is 4. The molecule has 0 heterocycles. The van der Waals surface area contributed by atoms with Gasteiger partial charge in [0.05, 0.1) is 24.5 Å². The monoisotopic (exact) mass is 235 g/mol. The SMILES string of the molecule is COc1c(Cl)cc(Cl)cc1NCNN. The van der Waals surface area contributed by atoms with E-state index in [0.717, 1.165) is 0 Å². The van der Waals surface area contributed by atoms with Crippen molar-refractivity contribution in [1.82, 2.24) is 5.43 Å². The van der Waals surface area contributed by atoms with Gasteiger partial charge in [-0.1, -0.05) is 23.2 Å². The standard InChI is InChI=1S/C8H11Cl2N3O/c1-14-8-6(10)2-5(9)3-7(8)12-4-13-11/h2-3,12-13H,4,11H2,1H3. The first-order valence-corrected chi connectivity index (χ1v) is 4.65. The molecule has 0 aliphatic rings. The van der Waals surface area contributed by atoms with Crippen LogP contribution in [0.3, 0.4) is 0 Å². The number of ether oxygens (including phenoxy) is 1. The van der Waals surface area contributed by atoms with Crippen molar-refractivity contribution in [2.24, 2.45) is 5.84 Å². The second kappa shape index (κ2) is 5.26. The van der Waals surface area contributed by atoms with Crippen molar-refractivity contribution >= 4 is 28.9 Å². The molecule has 4 nitrogen and oxygen atoms in total. The maximum absolute atomic E-state index is 5.91. The third-order valence-corrected chi connectivity index (χ3v) is 2.09. The van der Waals surface area contributed by atoms with Crippen LogP contribution in [0.2, 0.25) is 10.0 Å². The molecule has 0 aromatic heterocycles. The van der Waals surface area contributed by atoms with Crippen molar-refractivity contribution in [3.05, 3.63) is 22.2 Å². The van der Waals surface area contributed by atoms with Crippen LogP contribution in [0.4, 0.5) is 5.69 Å². The van der Waals surface area contributed by atoms with E-state index in [4.69, 9.17) is 33.8 Å². The van der Waals surface area contributed by atoms with Crippen molar-refractivity contribution in [3.8, 4) is 5.75 Å². The van der Waals surface area contributed by atoms with Crippen molar-refractivity contribution in [2.45, 2.75) is 0 Å². The van der Waals surface area contributed by atoms with Gasteiger partial charge in [-0.25, -0.2) is 5.43 Å². The van der Waals surface area contributed by atoms with E-state index in [1.54, 1.807) is 12.1 Å². The molecule has 0 amide bonds. The maximum Gasteiger partial charge on any atom is 0.160 e. The van der Waals surface area contributed by atoms with Crippen LogP contribution in [0.5, 0.6) is 5.75 Å². The number of methoxy groups -OCH3 is 1. The minimum atomic E-state index is 0.396. The van der Waals surface area contributed by atoms with E-state index >= 15 is 0 Å². The predicted octanol–water partition coefficient (Wildman–Crippen LogP) is 1.83. The van der Waals surface area contributed by atoms with Crippen LogP contribution in [-0.4, -0.2) is 13.8 Å². The average Bonchev–Trinajstić information content (AvgIpc) is 2.14. The van der Waals surface area contributed by atoms with Gasteiger partial charge in [-0.15, -0.1) is 0 Å². The first-order chi connectivity index (χ1) is 6.69. The van der Waals surface area contributed by atoms with E-state index in [1.807, 2.05) is 0 Å². The van der Waals surface area contributed by atoms with Gasteiger partial charge in [-0.05, 0) is 12.1 Å². The average molecular weight is 236 g/mol. The number of hydrazine groups is 1. The number of benzene rings is 1. The van der Waals surface area contributed by atoms with Gasteiger partial charge in [0.15, 0.2) is 5.75 Å².